The highest BCUT2D eigenvalue weighted by atomic mass is 16.2. The summed E-state index contributed by atoms with van der Waals surface area (Å²) in [5, 5.41) is 3.23. The maximum Gasteiger partial charge on any atom is 0.236 e. The van der Waals surface area contributed by atoms with Gasteiger partial charge < -0.3 is 10.2 Å². The molecular weight excluding hydrogens is 188 g/mol. The number of hydrogen-bond donors (Lipinski definition) is 1. The second-order valence-corrected chi connectivity index (χ2v) is 5.61. The van der Waals surface area contributed by atoms with Gasteiger partial charge >= 0.3 is 0 Å². The molecule has 0 saturated carbocycles. The molecule has 0 aromatic carbocycles. The topological polar surface area (TPSA) is 32.3 Å². The fourth-order valence-corrected chi connectivity index (χ4v) is 1.80. The van der Waals surface area contributed by atoms with E-state index in [1.54, 1.807) is 0 Å². The molecule has 15 heavy (non-hydrogen) atoms. The van der Waals surface area contributed by atoms with Gasteiger partial charge in [0.2, 0.25) is 5.91 Å². The normalized spacial score (nSPS) is 17.9. The van der Waals surface area contributed by atoms with E-state index in [0.717, 1.165) is 19.6 Å². The number of rotatable bonds is 3. The molecule has 0 radical (unpaired) electrons. The van der Waals surface area contributed by atoms with E-state index in [2.05, 4.69) is 26.1 Å². The average molecular weight is 212 g/mol. The van der Waals surface area contributed by atoms with Crippen LogP contribution in [0, 0.1) is 5.41 Å². The molecule has 1 N–H and O–H groups in total. The van der Waals surface area contributed by atoms with E-state index in [0.29, 0.717) is 6.54 Å². The summed E-state index contributed by atoms with van der Waals surface area (Å²) in [6.45, 7) is 9.82. The summed E-state index contributed by atoms with van der Waals surface area (Å²) in [5.74, 6) is 0.263. The summed E-state index contributed by atoms with van der Waals surface area (Å²) in [6, 6.07) is 0. The van der Waals surface area contributed by atoms with Crippen molar-refractivity contribution in [3.8, 4) is 0 Å². The molecule has 0 aliphatic carbocycles. The van der Waals surface area contributed by atoms with Gasteiger partial charge in [0, 0.05) is 19.6 Å². The number of piperidine rings is 1. The number of carbonyl (C=O) groups is 1. The Balaban J connectivity index is 2.17. The van der Waals surface area contributed by atoms with Crippen molar-refractivity contribution in [1.82, 2.24) is 10.2 Å². The molecule has 1 rings (SSSR count). The van der Waals surface area contributed by atoms with Gasteiger partial charge in [-0.25, -0.2) is 0 Å². The van der Waals surface area contributed by atoms with Crippen molar-refractivity contribution in [2.24, 2.45) is 5.41 Å². The van der Waals surface area contributed by atoms with Crippen molar-refractivity contribution in [1.29, 1.82) is 0 Å². The molecule has 1 amide bonds. The van der Waals surface area contributed by atoms with Crippen LogP contribution in [0.15, 0.2) is 0 Å². The zero-order valence-corrected chi connectivity index (χ0v) is 10.3. The van der Waals surface area contributed by atoms with E-state index < -0.39 is 0 Å². The zero-order valence-electron chi connectivity index (χ0n) is 10.3. The summed E-state index contributed by atoms with van der Waals surface area (Å²) >= 11 is 0. The zero-order chi connectivity index (χ0) is 11.3. The van der Waals surface area contributed by atoms with E-state index in [9.17, 15) is 4.79 Å². The Hall–Kier alpha value is -0.570. The first-order valence-corrected chi connectivity index (χ1v) is 5.97. The first-order valence-electron chi connectivity index (χ1n) is 5.97. The molecule has 0 unspecified atom stereocenters. The Morgan fingerprint density at radius 3 is 2.33 bits per heavy atom. The van der Waals surface area contributed by atoms with E-state index in [-0.39, 0.29) is 11.3 Å². The monoisotopic (exact) mass is 212 g/mol. The Morgan fingerprint density at radius 1 is 1.20 bits per heavy atom. The molecule has 0 spiro atoms. The minimum Gasteiger partial charge on any atom is -0.342 e. The summed E-state index contributed by atoms with van der Waals surface area (Å²) in [7, 11) is 0. The van der Waals surface area contributed by atoms with Crippen LogP contribution in [0.5, 0.6) is 0 Å². The Kier molecular flexibility index (Phi) is 4.58. The number of hydrogen-bond acceptors (Lipinski definition) is 2. The molecule has 3 heteroatoms. The van der Waals surface area contributed by atoms with Gasteiger partial charge in [-0.3, -0.25) is 4.79 Å². The summed E-state index contributed by atoms with van der Waals surface area (Å²) < 4.78 is 0. The third kappa shape index (κ3) is 5.17. The van der Waals surface area contributed by atoms with Gasteiger partial charge in [-0.15, -0.1) is 0 Å². The van der Waals surface area contributed by atoms with Gasteiger partial charge in [0.25, 0.3) is 0 Å². The molecule has 1 fully saturated rings. The highest BCUT2D eigenvalue weighted by Crippen LogP contribution is 2.11. The second kappa shape index (κ2) is 5.50. The van der Waals surface area contributed by atoms with E-state index >= 15 is 0 Å². The van der Waals surface area contributed by atoms with Crippen LogP contribution in [0.4, 0.5) is 0 Å². The largest absolute Gasteiger partial charge is 0.342 e. The molecule has 1 aliphatic heterocycles. The first-order chi connectivity index (χ1) is 6.99. The van der Waals surface area contributed by atoms with Crippen molar-refractivity contribution >= 4 is 5.91 Å². The van der Waals surface area contributed by atoms with Gasteiger partial charge in [0.1, 0.15) is 0 Å². The van der Waals surface area contributed by atoms with Crippen molar-refractivity contribution < 1.29 is 4.79 Å². The number of carbonyl (C=O) groups excluding carboxylic acids is 1. The van der Waals surface area contributed by atoms with Gasteiger partial charge in [-0.1, -0.05) is 20.8 Å². The number of nitrogens with zero attached hydrogens (tertiary/aromatic N) is 1. The third-order valence-corrected chi connectivity index (χ3v) is 2.64. The molecule has 0 atom stereocenters. The van der Waals surface area contributed by atoms with E-state index in [4.69, 9.17) is 0 Å². The van der Waals surface area contributed by atoms with E-state index in [1.165, 1.54) is 19.3 Å². The number of nitrogens with one attached hydrogen (secondary N) is 1. The molecular formula is C12H24N2O. The van der Waals surface area contributed by atoms with Crippen LogP contribution in [-0.2, 0) is 4.79 Å². The van der Waals surface area contributed by atoms with Crippen LogP contribution in [0.3, 0.4) is 0 Å². The second-order valence-electron chi connectivity index (χ2n) is 5.61. The van der Waals surface area contributed by atoms with Crippen molar-refractivity contribution in [3.63, 3.8) is 0 Å². The van der Waals surface area contributed by atoms with Crippen molar-refractivity contribution in [2.45, 2.75) is 40.0 Å². The SMILES string of the molecule is CC(C)(C)CNCC(=O)N1CCCCC1. The maximum absolute atomic E-state index is 11.7. The average Bonchev–Trinajstić information content (AvgIpc) is 2.17. The van der Waals surface area contributed by atoms with Crippen LogP contribution >= 0.6 is 0 Å². The van der Waals surface area contributed by atoms with Crippen LogP contribution in [0.2, 0.25) is 0 Å². The Morgan fingerprint density at radius 2 is 1.80 bits per heavy atom. The fraction of sp³-hybridized carbons (Fsp3) is 0.917. The fourth-order valence-electron chi connectivity index (χ4n) is 1.80. The van der Waals surface area contributed by atoms with Gasteiger partial charge in [-0.05, 0) is 24.7 Å². The molecule has 0 aromatic heterocycles. The predicted molar refractivity (Wildman–Crippen MR) is 62.8 cm³/mol. The van der Waals surface area contributed by atoms with Gasteiger partial charge in [0.05, 0.1) is 6.54 Å². The lowest BCUT2D eigenvalue weighted by Crippen LogP contribution is -2.42. The molecule has 0 bridgehead atoms. The van der Waals surface area contributed by atoms with Gasteiger partial charge in [0.15, 0.2) is 0 Å². The highest BCUT2D eigenvalue weighted by molar-refractivity contribution is 5.78. The minimum absolute atomic E-state index is 0.252. The minimum atomic E-state index is 0.252. The lowest BCUT2D eigenvalue weighted by atomic mass is 9.97. The van der Waals surface area contributed by atoms with Crippen LogP contribution in [0.25, 0.3) is 0 Å². The lowest BCUT2D eigenvalue weighted by Gasteiger charge is -2.27. The predicted octanol–water partition coefficient (Wildman–Crippen LogP) is 1.63. The quantitative estimate of drug-likeness (QED) is 0.771. The van der Waals surface area contributed by atoms with Crippen LogP contribution < -0.4 is 5.32 Å². The standard InChI is InChI=1S/C12H24N2O/c1-12(2,3)10-13-9-11(15)14-7-5-4-6-8-14/h13H,4-10H2,1-3H3. The first kappa shape index (κ1) is 12.5. The summed E-state index contributed by atoms with van der Waals surface area (Å²) in [6.07, 6.45) is 3.62. The number of amides is 1. The van der Waals surface area contributed by atoms with E-state index in [1.807, 2.05) is 4.90 Å². The van der Waals surface area contributed by atoms with Crippen LogP contribution in [0.1, 0.15) is 40.0 Å². The summed E-state index contributed by atoms with van der Waals surface area (Å²) in [4.78, 5) is 13.7. The Labute approximate surface area is 93.2 Å². The molecule has 0 aromatic rings. The highest BCUT2D eigenvalue weighted by Gasteiger charge is 2.16. The lowest BCUT2D eigenvalue weighted by molar-refractivity contribution is -0.131. The molecule has 1 aliphatic rings. The molecule has 88 valence electrons. The Bertz CT molecular complexity index is 202. The molecule has 1 saturated heterocycles. The van der Waals surface area contributed by atoms with Crippen molar-refractivity contribution in [2.75, 3.05) is 26.2 Å². The smallest absolute Gasteiger partial charge is 0.236 e. The van der Waals surface area contributed by atoms with Crippen molar-refractivity contribution in [3.05, 3.63) is 0 Å². The molecule has 3 nitrogen and oxygen atoms in total. The van der Waals surface area contributed by atoms with Gasteiger partial charge in [-0.2, -0.15) is 0 Å². The maximum atomic E-state index is 11.7. The summed E-state index contributed by atoms with van der Waals surface area (Å²) in [5.41, 5.74) is 0.252. The third-order valence-electron chi connectivity index (χ3n) is 2.64. The van der Waals surface area contributed by atoms with Crippen LogP contribution in [-0.4, -0.2) is 37.0 Å². The molecule has 1 heterocycles. The number of likely N-dealkylation sites (tertiary alicyclic amines) is 1.